The van der Waals surface area contributed by atoms with Gasteiger partial charge in [-0.3, -0.25) is 14.9 Å². The maximum Gasteiger partial charge on any atom is 0.310 e. The number of anilines is 2. The molecular formula is C15H14BrN3O5S. The van der Waals surface area contributed by atoms with Gasteiger partial charge in [-0.2, -0.15) is 0 Å². The highest BCUT2D eigenvalue weighted by molar-refractivity contribution is 9.10. The zero-order chi connectivity index (χ0) is 18.6. The number of amides is 1. The molecule has 0 aromatic heterocycles. The SMILES string of the molecule is CS(=O)(=O)c1cccc(NCC(=O)Nc2ccc(Br)cc2)c1[N+](=O)[O-]. The third-order valence-electron chi connectivity index (χ3n) is 3.15. The van der Waals surface area contributed by atoms with Crippen molar-refractivity contribution in [3.8, 4) is 0 Å². The highest BCUT2D eigenvalue weighted by atomic mass is 79.9. The van der Waals surface area contributed by atoms with E-state index in [9.17, 15) is 23.3 Å². The van der Waals surface area contributed by atoms with E-state index in [0.29, 0.717) is 5.69 Å². The number of carbonyl (C=O) groups is 1. The van der Waals surface area contributed by atoms with Crippen LogP contribution in [0.2, 0.25) is 0 Å². The number of benzene rings is 2. The van der Waals surface area contributed by atoms with Gasteiger partial charge in [0, 0.05) is 16.4 Å². The number of hydrogen-bond donors (Lipinski definition) is 2. The lowest BCUT2D eigenvalue weighted by atomic mass is 10.2. The lowest BCUT2D eigenvalue weighted by Gasteiger charge is -2.10. The predicted octanol–water partition coefficient (Wildman–Crippen LogP) is 2.81. The van der Waals surface area contributed by atoms with E-state index < -0.39 is 31.3 Å². The summed E-state index contributed by atoms with van der Waals surface area (Å²) in [5, 5.41) is 16.5. The van der Waals surface area contributed by atoms with Gasteiger partial charge in [0.2, 0.25) is 5.91 Å². The number of rotatable bonds is 6. The predicted molar refractivity (Wildman–Crippen MR) is 97.5 cm³/mol. The highest BCUT2D eigenvalue weighted by Crippen LogP contribution is 2.31. The summed E-state index contributed by atoms with van der Waals surface area (Å²) in [6, 6.07) is 10.8. The normalized spacial score (nSPS) is 11.0. The number of para-hydroxylation sites is 1. The molecule has 0 saturated heterocycles. The lowest BCUT2D eigenvalue weighted by Crippen LogP contribution is -2.22. The second-order valence-electron chi connectivity index (χ2n) is 5.09. The number of carbonyl (C=O) groups excluding carboxylic acids is 1. The van der Waals surface area contributed by atoms with Crippen molar-refractivity contribution in [1.29, 1.82) is 0 Å². The van der Waals surface area contributed by atoms with Crippen molar-refractivity contribution in [3.63, 3.8) is 0 Å². The number of halogens is 1. The second kappa shape index (κ2) is 7.62. The fraction of sp³-hybridized carbons (Fsp3) is 0.133. The van der Waals surface area contributed by atoms with E-state index in [4.69, 9.17) is 0 Å². The first-order chi connectivity index (χ1) is 11.7. The smallest absolute Gasteiger partial charge is 0.310 e. The first-order valence-electron chi connectivity index (χ1n) is 6.95. The molecule has 0 aliphatic carbocycles. The number of nitro groups is 1. The van der Waals surface area contributed by atoms with Crippen LogP contribution in [-0.4, -0.2) is 32.0 Å². The third-order valence-corrected chi connectivity index (χ3v) is 4.81. The Morgan fingerprint density at radius 2 is 1.84 bits per heavy atom. The molecule has 0 spiro atoms. The van der Waals surface area contributed by atoms with Crippen LogP contribution in [0.15, 0.2) is 51.8 Å². The molecule has 0 unspecified atom stereocenters. The van der Waals surface area contributed by atoms with Gasteiger partial charge in [0.15, 0.2) is 9.84 Å². The summed E-state index contributed by atoms with van der Waals surface area (Å²) in [6.45, 7) is -0.260. The van der Waals surface area contributed by atoms with E-state index in [0.717, 1.165) is 16.8 Å². The number of nitro benzene ring substituents is 1. The zero-order valence-electron chi connectivity index (χ0n) is 13.0. The standard InChI is InChI=1S/C15H14BrN3O5S/c1-25(23,24)13-4-2-3-12(15(13)19(21)22)17-9-14(20)18-11-7-5-10(16)6-8-11/h2-8,17H,9H2,1H3,(H,18,20). The Balaban J connectivity index is 2.16. The van der Waals surface area contributed by atoms with E-state index in [1.165, 1.54) is 12.1 Å². The molecule has 0 saturated carbocycles. The Morgan fingerprint density at radius 1 is 1.20 bits per heavy atom. The summed E-state index contributed by atoms with van der Waals surface area (Å²) in [7, 11) is -3.78. The molecule has 0 atom stereocenters. The van der Waals surface area contributed by atoms with Crippen molar-refractivity contribution in [2.75, 3.05) is 23.4 Å². The van der Waals surface area contributed by atoms with Gasteiger partial charge < -0.3 is 10.6 Å². The minimum Gasteiger partial charge on any atom is -0.371 e. The summed E-state index contributed by atoms with van der Waals surface area (Å²) in [6.07, 6.45) is 0.888. The maximum atomic E-state index is 12.0. The molecule has 2 N–H and O–H groups in total. The minimum absolute atomic E-state index is 0.0427. The van der Waals surface area contributed by atoms with Crippen LogP contribution in [0.25, 0.3) is 0 Å². The molecule has 0 bridgehead atoms. The average molecular weight is 428 g/mol. The van der Waals surface area contributed by atoms with Crippen molar-refractivity contribution in [2.45, 2.75) is 4.90 Å². The second-order valence-corrected chi connectivity index (χ2v) is 7.99. The molecule has 0 fully saturated rings. The maximum absolute atomic E-state index is 12.0. The number of hydrogen-bond acceptors (Lipinski definition) is 6. The molecule has 2 aromatic carbocycles. The molecule has 8 nitrogen and oxygen atoms in total. The molecular weight excluding hydrogens is 414 g/mol. The first kappa shape index (κ1) is 18.9. The van der Waals surface area contributed by atoms with E-state index in [1.807, 2.05) is 0 Å². The monoisotopic (exact) mass is 427 g/mol. The van der Waals surface area contributed by atoms with Gasteiger partial charge >= 0.3 is 5.69 Å². The summed E-state index contributed by atoms with van der Waals surface area (Å²) < 4.78 is 24.3. The van der Waals surface area contributed by atoms with Crippen LogP contribution in [0.4, 0.5) is 17.1 Å². The highest BCUT2D eigenvalue weighted by Gasteiger charge is 2.26. The number of nitrogens with one attached hydrogen (secondary N) is 2. The van der Waals surface area contributed by atoms with E-state index in [1.54, 1.807) is 24.3 Å². The third kappa shape index (κ3) is 5.00. The van der Waals surface area contributed by atoms with Gasteiger partial charge in [-0.1, -0.05) is 22.0 Å². The van der Waals surface area contributed by atoms with Crippen LogP contribution in [0.3, 0.4) is 0 Å². The molecule has 0 heterocycles. The molecule has 2 aromatic rings. The molecule has 10 heteroatoms. The molecule has 25 heavy (non-hydrogen) atoms. The molecule has 2 rings (SSSR count). The zero-order valence-corrected chi connectivity index (χ0v) is 15.4. The van der Waals surface area contributed by atoms with Crippen LogP contribution < -0.4 is 10.6 Å². The minimum atomic E-state index is -3.78. The Labute approximate surface area is 152 Å². The summed E-state index contributed by atoms with van der Waals surface area (Å²) in [5.74, 6) is -0.429. The quantitative estimate of drug-likeness (QED) is 0.540. The van der Waals surface area contributed by atoms with Crippen molar-refractivity contribution in [1.82, 2.24) is 0 Å². The number of sulfone groups is 1. The summed E-state index contributed by atoms with van der Waals surface area (Å²) in [5.41, 5.74) is -0.0605. The molecule has 0 radical (unpaired) electrons. The van der Waals surface area contributed by atoms with Gasteiger partial charge in [-0.25, -0.2) is 8.42 Å². The largest absolute Gasteiger partial charge is 0.371 e. The van der Waals surface area contributed by atoms with Crippen molar-refractivity contribution >= 4 is 48.7 Å². The fourth-order valence-electron chi connectivity index (χ4n) is 2.07. The van der Waals surface area contributed by atoms with Crippen molar-refractivity contribution < 1.29 is 18.1 Å². The van der Waals surface area contributed by atoms with Gasteiger partial charge in [0.1, 0.15) is 10.6 Å². The number of nitrogens with zero attached hydrogens (tertiary/aromatic N) is 1. The van der Waals surface area contributed by atoms with Crippen LogP contribution >= 0.6 is 15.9 Å². The average Bonchev–Trinajstić information content (AvgIpc) is 2.53. The molecule has 0 aliphatic rings. The Hall–Kier alpha value is -2.46. The first-order valence-corrected chi connectivity index (χ1v) is 9.63. The Kier molecular flexibility index (Phi) is 5.75. The van der Waals surface area contributed by atoms with Gasteiger partial charge in [0.25, 0.3) is 0 Å². The Bertz CT molecular complexity index is 913. The topological polar surface area (TPSA) is 118 Å². The van der Waals surface area contributed by atoms with Crippen LogP contribution in [0.1, 0.15) is 0 Å². The van der Waals surface area contributed by atoms with E-state index >= 15 is 0 Å². The van der Waals surface area contributed by atoms with Gasteiger partial charge in [-0.05, 0) is 36.4 Å². The fourth-order valence-corrected chi connectivity index (χ4v) is 3.19. The van der Waals surface area contributed by atoms with Gasteiger partial charge in [-0.15, -0.1) is 0 Å². The molecule has 0 aliphatic heterocycles. The van der Waals surface area contributed by atoms with Crippen LogP contribution in [0, 0.1) is 10.1 Å². The van der Waals surface area contributed by atoms with E-state index in [2.05, 4.69) is 26.6 Å². The summed E-state index contributed by atoms with van der Waals surface area (Å²) >= 11 is 3.28. The molecule has 132 valence electrons. The Morgan fingerprint density at radius 3 is 2.40 bits per heavy atom. The van der Waals surface area contributed by atoms with Gasteiger partial charge in [0.05, 0.1) is 11.5 Å². The lowest BCUT2D eigenvalue weighted by molar-refractivity contribution is -0.386. The van der Waals surface area contributed by atoms with E-state index in [-0.39, 0.29) is 12.2 Å². The van der Waals surface area contributed by atoms with Crippen LogP contribution in [0.5, 0.6) is 0 Å². The van der Waals surface area contributed by atoms with Crippen molar-refractivity contribution in [2.24, 2.45) is 0 Å². The summed E-state index contributed by atoms with van der Waals surface area (Å²) in [4.78, 5) is 22.0. The molecule has 1 amide bonds. The van der Waals surface area contributed by atoms with Crippen LogP contribution in [-0.2, 0) is 14.6 Å². The van der Waals surface area contributed by atoms with Crippen molar-refractivity contribution in [3.05, 3.63) is 57.1 Å².